The molecular formula is C17H12N2OS. The Labute approximate surface area is 124 Å². The second-order valence-corrected chi connectivity index (χ2v) is 6.05. The van der Waals surface area contributed by atoms with Crippen LogP contribution >= 0.6 is 11.3 Å². The molecule has 0 fully saturated rings. The Morgan fingerprint density at radius 2 is 1.86 bits per heavy atom. The van der Waals surface area contributed by atoms with E-state index < -0.39 is 0 Å². The summed E-state index contributed by atoms with van der Waals surface area (Å²) in [6, 6.07) is 15.9. The van der Waals surface area contributed by atoms with Crippen LogP contribution in [0.25, 0.3) is 22.1 Å². The van der Waals surface area contributed by atoms with Crippen molar-refractivity contribution in [2.24, 2.45) is 0 Å². The van der Waals surface area contributed by atoms with Gasteiger partial charge in [0.2, 0.25) is 0 Å². The number of hydrogen-bond acceptors (Lipinski definition) is 3. The minimum absolute atomic E-state index is 0.00396. The third-order valence-corrected chi connectivity index (χ3v) is 4.49. The number of aromatic nitrogens is 2. The molecule has 2 aromatic carbocycles. The quantitative estimate of drug-likeness (QED) is 0.540. The van der Waals surface area contributed by atoms with Gasteiger partial charge in [0, 0.05) is 0 Å². The molecule has 0 N–H and O–H groups in total. The van der Waals surface area contributed by atoms with Crippen molar-refractivity contribution in [1.82, 2.24) is 9.38 Å². The zero-order valence-corrected chi connectivity index (χ0v) is 12.2. The molecule has 0 unspecified atom stereocenters. The van der Waals surface area contributed by atoms with Crippen LogP contribution in [0.3, 0.4) is 0 Å². The minimum Gasteiger partial charge on any atom is -0.267 e. The molecule has 0 saturated carbocycles. The number of hydrogen-bond donors (Lipinski definition) is 0. The lowest BCUT2D eigenvalue weighted by Crippen LogP contribution is -2.22. The zero-order chi connectivity index (χ0) is 14.4. The standard InChI is InChI=1S/C17H12N2OS/c1-11-6-8-12(9-7-11)10-15-16(20)19-14-5-3-2-4-13(14)18-17(19)21-15/h2-10H,1H3/b15-10+. The molecular weight excluding hydrogens is 280 g/mol. The highest BCUT2D eigenvalue weighted by atomic mass is 32.1. The fourth-order valence-corrected chi connectivity index (χ4v) is 3.41. The molecule has 4 heteroatoms. The highest BCUT2D eigenvalue weighted by molar-refractivity contribution is 7.15. The van der Waals surface area contributed by atoms with Crippen LogP contribution in [0.5, 0.6) is 0 Å². The minimum atomic E-state index is 0.00396. The summed E-state index contributed by atoms with van der Waals surface area (Å²) < 4.78 is 2.41. The summed E-state index contributed by atoms with van der Waals surface area (Å²) in [7, 11) is 0. The number of aryl methyl sites for hydroxylation is 1. The van der Waals surface area contributed by atoms with Crippen LogP contribution in [0.4, 0.5) is 0 Å². The predicted molar refractivity (Wildman–Crippen MR) is 86.8 cm³/mol. The third-order valence-electron chi connectivity index (χ3n) is 3.52. The van der Waals surface area contributed by atoms with Gasteiger partial charge in [-0.3, -0.25) is 4.79 Å². The van der Waals surface area contributed by atoms with E-state index in [0.29, 0.717) is 4.53 Å². The van der Waals surface area contributed by atoms with E-state index in [1.807, 2.05) is 61.5 Å². The first-order valence-electron chi connectivity index (χ1n) is 6.71. The normalized spacial score (nSPS) is 12.5. The Balaban J connectivity index is 2.00. The molecule has 0 atom stereocenters. The third kappa shape index (κ3) is 1.96. The number of thiazole rings is 1. The molecule has 0 aliphatic rings. The Morgan fingerprint density at radius 3 is 2.67 bits per heavy atom. The largest absolute Gasteiger partial charge is 0.274 e. The lowest BCUT2D eigenvalue weighted by Gasteiger charge is -1.92. The number of imidazole rings is 1. The molecule has 0 bridgehead atoms. The molecule has 0 amide bonds. The van der Waals surface area contributed by atoms with Gasteiger partial charge in [-0.05, 0) is 30.7 Å². The van der Waals surface area contributed by atoms with Crippen LogP contribution in [0.1, 0.15) is 11.1 Å². The van der Waals surface area contributed by atoms with Gasteiger partial charge < -0.3 is 0 Å². The summed E-state index contributed by atoms with van der Waals surface area (Å²) in [5.41, 5.74) is 3.98. The molecule has 0 saturated heterocycles. The van der Waals surface area contributed by atoms with Gasteiger partial charge in [0.25, 0.3) is 5.56 Å². The number of para-hydroxylation sites is 2. The van der Waals surface area contributed by atoms with Crippen molar-refractivity contribution in [2.45, 2.75) is 6.92 Å². The lowest BCUT2D eigenvalue weighted by atomic mass is 10.1. The van der Waals surface area contributed by atoms with Crippen LogP contribution in [-0.2, 0) is 0 Å². The monoisotopic (exact) mass is 292 g/mol. The number of rotatable bonds is 1. The molecule has 102 valence electrons. The molecule has 4 aromatic rings. The summed E-state index contributed by atoms with van der Waals surface area (Å²) in [5, 5.41) is 0. The first-order valence-corrected chi connectivity index (χ1v) is 7.52. The smallest absolute Gasteiger partial charge is 0.267 e. The predicted octanol–water partition coefficient (Wildman–Crippen LogP) is 2.77. The van der Waals surface area contributed by atoms with Crippen LogP contribution in [0, 0.1) is 6.92 Å². The van der Waals surface area contributed by atoms with Gasteiger partial charge in [0.15, 0.2) is 4.96 Å². The zero-order valence-electron chi connectivity index (χ0n) is 11.4. The Bertz CT molecular complexity index is 1060. The van der Waals surface area contributed by atoms with E-state index in [9.17, 15) is 4.79 Å². The van der Waals surface area contributed by atoms with Crippen LogP contribution in [-0.4, -0.2) is 9.38 Å². The fourth-order valence-electron chi connectivity index (χ4n) is 2.43. The van der Waals surface area contributed by atoms with E-state index in [1.54, 1.807) is 4.40 Å². The van der Waals surface area contributed by atoms with Crippen molar-refractivity contribution in [3.05, 3.63) is 74.5 Å². The van der Waals surface area contributed by atoms with Crippen LogP contribution < -0.4 is 10.1 Å². The highest BCUT2D eigenvalue weighted by Crippen LogP contribution is 2.15. The second-order valence-electron chi connectivity index (χ2n) is 5.04. The van der Waals surface area contributed by atoms with Gasteiger partial charge in [0.05, 0.1) is 15.6 Å². The molecule has 0 aliphatic heterocycles. The number of fused-ring (bicyclic) bond motifs is 3. The molecule has 3 nitrogen and oxygen atoms in total. The Morgan fingerprint density at radius 1 is 1.10 bits per heavy atom. The van der Waals surface area contributed by atoms with Gasteiger partial charge in [-0.25, -0.2) is 9.38 Å². The summed E-state index contributed by atoms with van der Waals surface area (Å²) in [6.07, 6.45) is 1.93. The summed E-state index contributed by atoms with van der Waals surface area (Å²) in [4.78, 5) is 17.8. The van der Waals surface area contributed by atoms with Crippen LogP contribution in [0.15, 0.2) is 53.3 Å². The van der Waals surface area contributed by atoms with Gasteiger partial charge in [0.1, 0.15) is 0 Å². The van der Waals surface area contributed by atoms with E-state index >= 15 is 0 Å². The topological polar surface area (TPSA) is 34.4 Å². The first kappa shape index (κ1) is 12.3. The maximum Gasteiger partial charge on any atom is 0.274 e. The van der Waals surface area contributed by atoms with Gasteiger partial charge in [-0.15, -0.1) is 0 Å². The fraction of sp³-hybridized carbons (Fsp3) is 0.0588. The van der Waals surface area contributed by atoms with Crippen molar-refractivity contribution in [3.8, 4) is 0 Å². The maximum absolute atomic E-state index is 12.6. The number of benzene rings is 2. The van der Waals surface area contributed by atoms with Gasteiger partial charge in [-0.1, -0.05) is 53.3 Å². The van der Waals surface area contributed by atoms with Crippen LogP contribution in [0.2, 0.25) is 0 Å². The van der Waals surface area contributed by atoms with Gasteiger partial charge >= 0.3 is 0 Å². The highest BCUT2D eigenvalue weighted by Gasteiger charge is 2.10. The average Bonchev–Trinajstić information content (AvgIpc) is 2.99. The molecule has 2 heterocycles. The molecule has 4 rings (SSSR count). The van der Waals surface area contributed by atoms with E-state index in [-0.39, 0.29) is 5.56 Å². The van der Waals surface area contributed by atoms with Crippen molar-refractivity contribution in [3.63, 3.8) is 0 Å². The molecule has 21 heavy (non-hydrogen) atoms. The van der Waals surface area contributed by atoms with E-state index in [0.717, 1.165) is 21.6 Å². The SMILES string of the molecule is Cc1ccc(/C=c2/sc3nc4ccccc4n3c2=O)cc1. The first-order chi connectivity index (χ1) is 10.2. The van der Waals surface area contributed by atoms with Crippen molar-refractivity contribution in [1.29, 1.82) is 0 Å². The van der Waals surface area contributed by atoms with Crippen molar-refractivity contribution in [2.75, 3.05) is 0 Å². The molecule has 0 aliphatic carbocycles. The van der Waals surface area contributed by atoms with E-state index in [2.05, 4.69) is 4.98 Å². The maximum atomic E-state index is 12.6. The lowest BCUT2D eigenvalue weighted by molar-refractivity contribution is 1.19. The molecule has 2 aromatic heterocycles. The Kier molecular flexibility index (Phi) is 2.65. The number of nitrogens with zero attached hydrogens (tertiary/aromatic N) is 2. The summed E-state index contributed by atoms with van der Waals surface area (Å²) in [5.74, 6) is 0. The molecule has 0 spiro atoms. The summed E-state index contributed by atoms with van der Waals surface area (Å²) in [6.45, 7) is 2.05. The molecule has 0 radical (unpaired) electrons. The average molecular weight is 292 g/mol. The van der Waals surface area contributed by atoms with E-state index in [1.165, 1.54) is 16.9 Å². The summed E-state index contributed by atoms with van der Waals surface area (Å²) >= 11 is 1.43. The van der Waals surface area contributed by atoms with Gasteiger partial charge in [-0.2, -0.15) is 0 Å². The van der Waals surface area contributed by atoms with Crippen molar-refractivity contribution >= 4 is 33.4 Å². The van der Waals surface area contributed by atoms with Crippen molar-refractivity contribution < 1.29 is 0 Å². The Hall–Kier alpha value is -2.46. The second kappa shape index (κ2) is 4.53. The van der Waals surface area contributed by atoms with E-state index in [4.69, 9.17) is 0 Å².